The summed E-state index contributed by atoms with van der Waals surface area (Å²) in [5.41, 5.74) is -0.241. The first-order valence-electron chi connectivity index (χ1n) is 8.39. The second-order valence-corrected chi connectivity index (χ2v) is 6.59. The lowest BCUT2D eigenvalue weighted by molar-refractivity contribution is -0.123. The molecule has 1 aromatic carbocycles. The summed E-state index contributed by atoms with van der Waals surface area (Å²) in [6.45, 7) is 0.738. The van der Waals surface area contributed by atoms with Crippen LogP contribution in [0.1, 0.15) is 50.5 Å². The van der Waals surface area contributed by atoms with Crippen molar-refractivity contribution >= 4 is 5.91 Å². The Labute approximate surface area is 131 Å². The van der Waals surface area contributed by atoms with Crippen LogP contribution in [0.3, 0.4) is 0 Å². The molecule has 1 heterocycles. The summed E-state index contributed by atoms with van der Waals surface area (Å²) in [5.74, 6) is 1.48. The zero-order valence-electron chi connectivity index (χ0n) is 13.0. The monoisotopic (exact) mass is 303 g/mol. The first-order chi connectivity index (χ1) is 10.7. The number of para-hydroxylation sites is 1. The minimum Gasteiger partial charge on any atom is -0.493 e. The number of ether oxygens (including phenoxy) is 1. The fraction of sp³-hybridized carbons (Fsp3) is 0.611. The van der Waals surface area contributed by atoms with Crippen LogP contribution < -0.4 is 10.1 Å². The number of carbonyl (C=O) groups excluding carboxylic acids is 1. The van der Waals surface area contributed by atoms with E-state index in [0.717, 1.165) is 23.7 Å². The van der Waals surface area contributed by atoms with Gasteiger partial charge in [-0.1, -0.05) is 43.9 Å². The summed E-state index contributed by atoms with van der Waals surface area (Å²) in [5, 5.41) is 13.8. The third-order valence-corrected chi connectivity index (χ3v) is 4.99. The zero-order valence-corrected chi connectivity index (χ0v) is 13.0. The summed E-state index contributed by atoms with van der Waals surface area (Å²) in [4.78, 5) is 12.0. The van der Waals surface area contributed by atoms with E-state index >= 15 is 0 Å². The van der Waals surface area contributed by atoms with Crippen molar-refractivity contribution in [1.29, 1.82) is 0 Å². The van der Waals surface area contributed by atoms with E-state index in [0.29, 0.717) is 19.4 Å². The third kappa shape index (κ3) is 3.43. The van der Waals surface area contributed by atoms with E-state index in [1.165, 1.54) is 25.7 Å². The van der Waals surface area contributed by atoms with Crippen molar-refractivity contribution in [2.45, 2.75) is 50.5 Å². The van der Waals surface area contributed by atoms with Gasteiger partial charge in [-0.25, -0.2) is 0 Å². The Hall–Kier alpha value is -1.55. The standard InChI is InChI=1S/C18H25NO3/c20-17(10-9-14-5-1-2-6-14)19-13-18(21)11-12-22-16-8-4-3-7-15(16)18/h3-4,7-8,14,21H,1-2,5-6,9-13H2,(H,19,20). The molecule has 22 heavy (non-hydrogen) atoms. The molecule has 3 rings (SSSR count). The second-order valence-electron chi connectivity index (χ2n) is 6.59. The summed E-state index contributed by atoms with van der Waals surface area (Å²) in [7, 11) is 0. The van der Waals surface area contributed by atoms with Gasteiger partial charge in [0.2, 0.25) is 5.91 Å². The number of hydrogen-bond donors (Lipinski definition) is 2. The van der Waals surface area contributed by atoms with Gasteiger partial charge >= 0.3 is 0 Å². The third-order valence-electron chi connectivity index (χ3n) is 4.99. The maximum Gasteiger partial charge on any atom is 0.220 e. The highest BCUT2D eigenvalue weighted by molar-refractivity contribution is 5.76. The first kappa shape index (κ1) is 15.3. The van der Waals surface area contributed by atoms with Crippen LogP contribution in [0, 0.1) is 5.92 Å². The largest absolute Gasteiger partial charge is 0.493 e. The number of fused-ring (bicyclic) bond motifs is 1. The minimum atomic E-state index is -1.02. The molecule has 120 valence electrons. The van der Waals surface area contributed by atoms with Gasteiger partial charge in [-0.2, -0.15) is 0 Å². The lowest BCUT2D eigenvalue weighted by atomic mass is 9.88. The lowest BCUT2D eigenvalue weighted by Crippen LogP contribution is -2.43. The summed E-state index contributed by atoms with van der Waals surface area (Å²) in [6.07, 6.45) is 7.20. The molecule has 1 aliphatic carbocycles. The number of amides is 1. The van der Waals surface area contributed by atoms with Crippen molar-refractivity contribution in [1.82, 2.24) is 5.32 Å². The average Bonchev–Trinajstić information content (AvgIpc) is 3.05. The van der Waals surface area contributed by atoms with Crippen molar-refractivity contribution in [3.8, 4) is 5.75 Å². The van der Waals surface area contributed by atoms with E-state index in [4.69, 9.17) is 4.74 Å². The van der Waals surface area contributed by atoms with Crippen LogP contribution in [0.15, 0.2) is 24.3 Å². The van der Waals surface area contributed by atoms with Crippen molar-refractivity contribution in [2.75, 3.05) is 13.2 Å². The molecule has 0 radical (unpaired) electrons. The Kier molecular flexibility index (Phi) is 4.67. The lowest BCUT2D eigenvalue weighted by Gasteiger charge is -2.34. The Morgan fingerprint density at radius 1 is 1.32 bits per heavy atom. The molecule has 1 unspecified atom stereocenters. The molecule has 0 bridgehead atoms. The Bertz CT molecular complexity index is 525. The van der Waals surface area contributed by atoms with Crippen molar-refractivity contribution in [2.24, 2.45) is 5.92 Å². The molecule has 2 aliphatic rings. The molecule has 0 aromatic heterocycles. The van der Waals surface area contributed by atoms with E-state index in [2.05, 4.69) is 5.32 Å². The van der Waals surface area contributed by atoms with Crippen LogP contribution in [0.2, 0.25) is 0 Å². The topological polar surface area (TPSA) is 58.6 Å². The molecule has 0 saturated heterocycles. The highest BCUT2D eigenvalue weighted by Crippen LogP contribution is 2.36. The van der Waals surface area contributed by atoms with Crippen LogP contribution in [0.25, 0.3) is 0 Å². The molecule has 1 atom stereocenters. The van der Waals surface area contributed by atoms with E-state index < -0.39 is 5.60 Å². The highest BCUT2D eigenvalue weighted by Gasteiger charge is 2.35. The summed E-state index contributed by atoms with van der Waals surface area (Å²) >= 11 is 0. The van der Waals surface area contributed by atoms with Crippen LogP contribution in [0.4, 0.5) is 0 Å². The zero-order chi connectivity index (χ0) is 15.4. The Morgan fingerprint density at radius 3 is 2.91 bits per heavy atom. The van der Waals surface area contributed by atoms with Crippen molar-refractivity contribution in [3.05, 3.63) is 29.8 Å². The average molecular weight is 303 g/mol. The van der Waals surface area contributed by atoms with Gasteiger partial charge in [0, 0.05) is 18.4 Å². The Balaban J connectivity index is 1.53. The van der Waals surface area contributed by atoms with Gasteiger partial charge in [0.25, 0.3) is 0 Å². The van der Waals surface area contributed by atoms with E-state index in [9.17, 15) is 9.90 Å². The number of benzene rings is 1. The van der Waals surface area contributed by atoms with Gasteiger partial charge in [0.05, 0.1) is 13.2 Å². The molecule has 2 N–H and O–H groups in total. The molecule has 1 amide bonds. The predicted molar refractivity (Wildman–Crippen MR) is 84.7 cm³/mol. The number of nitrogens with one attached hydrogen (secondary N) is 1. The van der Waals surface area contributed by atoms with Crippen molar-refractivity contribution < 1.29 is 14.6 Å². The van der Waals surface area contributed by atoms with E-state index in [-0.39, 0.29) is 12.5 Å². The van der Waals surface area contributed by atoms with Crippen LogP contribution in [0.5, 0.6) is 5.75 Å². The molecular weight excluding hydrogens is 278 g/mol. The molecule has 1 aliphatic heterocycles. The van der Waals surface area contributed by atoms with E-state index in [1.807, 2.05) is 24.3 Å². The summed E-state index contributed by atoms with van der Waals surface area (Å²) < 4.78 is 5.57. The van der Waals surface area contributed by atoms with Gasteiger partial charge in [0.1, 0.15) is 11.4 Å². The molecule has 0 spiro atoms. The van der Waals surface area contributed by atoms with E-state index in [1.54, 1.807) is 0 Å². The maximum absolute atomic E-state index is 12.0. The minimum absolute atomic E-state index is 0.0456. The van der Waals surface area contributed by atoms with Gasteiger partial charge in [-0.15, -0.1) is 0 Å². The van der Waals surface area contributed by atoms with Crippen molar-refractivity contribution in [3.63, 3.8) is 0 Å². The smallest absolute Gasteiger partial charge is 0.220 e. The Morgan fingerprint density at radius 2 is 2.09 bits per heavy atom. The fourth-order valence-corrected chi connectivity index (χ4v) is 3.59. The SMILES string of the molecule is O=C(CCC1CCCC1)NCC1(O)CCOc2ccccc21. The number of rotatable bonds is 5. The number of hydrogen-bond acceptors (Lipinski definition) is 3. The molecule has 1 saturated carbocycles. The molecule has 1 fully saturated rings. The van der Waals surface area contributed by atoms with Crippen LogP contribution >= 0.6 is 0 Å². The van der Waals surface area contributed by atoms with Gasteiger partial charge in [0.15, 0.2) is 0 Å². The highest BCUT2D eigenvalue weighted by atomic mass is 16.5. The molecule has 1 aromatic rings. The van der Waals surface area contributed by atoms with Crippen LogP contribution in [-0.4, -0.2) is 24.2 Å². The predicted octanol–water partition coefficient (Wildman–Crippen LogP) is 2.74. The fourth-order valence-electron chi connectivity index (χ4n) is 3.59. The first-order valence-corrected chi connectivity index (χ1v) is 8.39. The van der Waals surface area contributed by atoms with Gasteiger partial charge < -0.3 is 15.2 Å². The number of aliphatic hydroxyl groups is 1. The normalized spacial score (nSPS) is 24.6. The van der Waals surface area contributed by atoms with Gasteiger partial charge in [-0.3, -0.25) is 4.79 Å². The maximum atomic E-state index is 12.0. The summed E-state index contributed by atoms with van der Waals surface area (Å²) in [6, 6.07) is 7.52. The van der Waals surface area contributed by atoms with Crippen LogP contribution in [-0.2, 0) is 10.4 Å². The second kappa shape index (κ2) is 6.69. The van der Waals surface area contributed by atoms with Gasteiger partial charge in [-0.05, 0) is 18.4 Å². The molecule has 4 nitrogen and oxygen atoms in total. The quantitative estimate of drug-likeness (QED) is 0.879. The molecule has 4 heteroatoms. The molecular formula is C18H25NO3. The number of carbonyl (C=O) groups is 1.